The van der Waals surface area contributed by atoms with E-state index < -0.39 is 0 Å². The van der Waals surface area contributed by atoms with Crippen molar-refractivity contribution in [2.75, 3.05) is 0 Å². The largest absolute Gasteiger partial charge is 0.313 e. The van der Waals surface area contributed by atoms with Crippen molar-refractivity contribution in [1.29, 1.82) is 0 Å². The lowest BCUT2D eigenvalue weighted by Gasteiger charge is -2.03. The summed E-state index contributed by atoms with van der Waals surface area (Å²) in [6, 6.07) is 3.29. The van der Waals surface area contributed by atoms with E-state index >= 15 is 0 Å². The van der Waals surface area contributed by atoms with Gasteiger partial charge < -0.3 is 4.98 Å². The third-order valence-electron chi connectivity index (χ3n) is 2.70. The van der Waals surface area contributed by atoms with E-state index in [1.165, 1.54) is 12.4 Å². The first-order valence-electron chi connectivity index (χ1n) is 5.00. The van der Waals surface area contributed by atoms with Gasteiger partial charge in [0.15, 0.2) is 6.29 Å². The van der Waals surface area contributed by atoms with Gasteiger partial charge in [0.2, 0.25) is 0 Å². The van der Waals surface area contributed by atoms with E-state index in [-0.39, 0.29) is 5.56 Å². The number of rotatable bonds is 1. The van der Waals surface area contributed by atoms with Crippen molar-refractivity contribution in [2.24, 2.45) is 0 Å². The van der Waals surface area contributed by atoms with Crippen LogP contribution in [0.2, 0.25) is 0 Å². The molecule has 82 valence electrons. The lowest BCUT2D eigenvalue weighted by molar-refractivity contribution is 0.112. The average Bonchev–Trinajstić information content (AvgIpc) is 2.38. The summed E-state index contributed by atoms with van der Waals surface area (Å²) in [6.45, 7) is 0. The molecule has 2 heterocycles. The Hall–Kier alpha value is -2.56. The predicted molar refractivity (Wildman–Crippen MR) is 63.1 cm³/mol. The zero-order chi connectivity index (χ0) is 11.8. The van der Waals surface area contributed by atoms with Crippen LogP contribution in [0.3, 0.4) is 0 Å². The van der Waals surface area contributed by atoms with Crippen molar-refractivity contribution in [2.45, 2.75) is 0 Å². The zero-order valence-corrected chi connectivity index (χ0v) is 8.68. The average molecular weight is 225 g/mol. The molecule has 0 aliphatic heterocycles. The Balaban J connectivity index is 2.69. The number of pyridine rings is 1. The van der Waals surface area contributed by atoms with Crippen LogP contribution in [0.4, 0.5) is 0 Å². The molecule has 0 spiro atoms. The maximum Gasteiger partial charge on any atom is 0.258 e. The number of nitrogens with one attached hydrogen (secondary N) is 1. The summed E-state index contributed by atoms with van der Waals surface area (Å²) in [4.78, 5) is 33.3. The molecule has 0 radical (unpaired) electrons. The van der Waals surface area contributed by atoms with E-state index in [0.29, 0.717) is 21.9 Å². The molecule has 0 saturated heterocycles. The van der Waals surface area contributed by atoms with Crippen molar-refractivity contribution in [3.63, 3.8) is 0 Å². The number of carbonyl (C=O) groups is 1. The Kier molecular flexibility index (Phi) is 1.98. The highest BCUT2D eigenvalue weighted by molar-refractivity contribution is 6.11. The fourth-order valence-electron chi connectivity index (χ4n) is 1.92. The van der Waals surface area contributed by atoms with E-state index in [2.05, 4.69) is 15.0 Å². The summed E-state index contributed by atoms with van der Waals surface area (Å²) in [5, 5.41) is 1.87. The van der Waals surface area contributed by atoms with E-state index in [1.54, 1.807) is 18.5 Å². The van der Waals surface area contributed by atoms with Crippen molar-refractivity contribution in [1.82, 2.24) is 15.0 Å². The minimum absolute atomic E-state index is 0.253. The van der Waals surface area contributed by atoms with Crippen molar-refractivity contribution in [3.8, 4) is 0 Å². The molecular weight excluding hydrogens is 218 g/mol. The van der Waals surface area contributed by atoms with Gasteiger partial charge in [0.1, 0.15) is 0 Å². The Morgan fingerprint density at radius 2 is 2.12 bits per heavy atom. The summed E-state index contributed by atoms with van der Waals surface area (Å²) in [5.41, 5.74) is 0.771. The number of hydrogen-bond donors (Lipinski definition) is 1. The smallest absolute Gasteiger partial charge is 0.258 e. The number of hydrogen-bond acceptors (Lipinski definition) is 4. The van der Waals surface area contributed by atoms with Gasteiger partial charge in [-0.15, -0.1) is 0 Å². The molecule has 0 fully saturated rings. The summed E-state index contributed by atoms with van der Waals surface area (Å²) in [7, 11) is 0. The highest BCUT2D eigenvalue weighted by atomic mass is 16.1. The molecule has 0 aliphatic rings. The molecule has 1 N–H and O–H groups in total. The summed E-state index contributed by atoms with van der Waals surface area (Å²) >= 11 is 0. The van der Waals surface area contributed by atoms with Crippen LogP contribution in [0, 0.1) is 0 Å². The first-order chi connectivity index (χ1) is 8.31. The van der Waals surface area contributed by atoms with Gasteiger partial charge in [-0.25, -0.2) is 4.98 Å². The lowest BCUT2D eigenvalue weighted by Crippen LogP contribution is -2.07. The molecule has 3 rings (SSSR count). The molecule has 1 aromatic carbocycles. The number of aromatic amines is 1. The standard InChI is InChI=1S/C12H7N3O2/c16-5-7-3-9-11(14-6-15-12(9)17)8-1-2-13-4-10(7)8/h1-6H,(H,14,15,17). The third-order valence-corrected chi connectivity index (χ3v) is 2.70. The predicted octanol–water partition coefficient (Wildman–Crippen LogP) is 1.28. The SMILES string of the molecule is O=Cc1cc2c(=O)[nH]cnc2c2ccncc12. The number of fused-ring (bicyclic) bond motifs is 3. The number of aldehydes is 1. The van der Waals surface area contributed by atoms with Crippen molar-refractivity contribution >= 4 is 28.0 Å². The minimum Gasteiger partial charge on any atom is -0.313 e. The molecule has 0 unspecified atom stereocenters. The van der Waals surface area contributed by atoms with Gasteiger partial charge in [0.05, 0.1) is 17.2 Å². The van der Waals surface area contributed by atoms with Crippen molar-refractivity contribution in [3.05, 3.63) is 46.8 Å². The Morgan fingerprint density at radius 3 is 2.94 bits per heavy atom. The third kappa shape index (κ3) is 1.32. The number of carbonyl (C=O) groups excluding carboxylic acids is 1. The maximum absolute atomic E-state index is 11.7. The van der Waals surface area contributed by atoms with Gasteiger partial charge in [-0.2, -0.15) is 0 Å². The monoisotopic (exact) mass is 225 g/mol. The van der Waals surface area contributed by atoms with Crippen LogP contribution in [0.25, 0.3) is 21.7 Å². The first-order valence-corrected chi connectivity index (χ1v) is 5.00. The van der Waals surface area contributed by atoms with Gasteiger partial charge in [-0.3, -0.25) is 14.6 Å². The Morgan fingerprint density at radius 1 is 1.24 bits per heavy atom. The van der Waals surface area contributed by atoms with E-state index in [4.69, 9.17) is 0 Å². The van der Waals surface area contributed by atoms with E-state index in [1.807, 2.05) is 0 Å². The summed E-state index contributed by atoms with van der Waals surface area (Å²) in [5.74, 6) is 0. The van der Waals surface area contributed by atoms with Gasteiger partial charge in [0, 0.05) is 28.7 Å². The fraction of sp³-hybridized carbons (Fsp3) is 0. The van der Waals surface area contributed by atoms with Crippen LogP contribution in [-0.4, -0.2) is 21.2 Å². The van der Waals surface area contributed by atoms with Crippen LogP contribution >= 0.6 is 0 Å². The molecule has 0 amide bonds. The molecule has 17 heavy (non-hydrogen) atoms. The van der Waals surface area contributed by atoms with E-state index in [9.17, 15) is 9.59 Å². The molecule has 0 aliphatic carbocycles. The van der Waals surface area contributed by atoms with Gasteiger partial charge in [0.25, 0.3) is 5.56 Å². The first kappa shape index (κ1) is 9.65. The van der Waals surface area contributed by atoms with Crippen LogP contribution in [0.15, 0.2) is 35.6 Å². The number of H-pyrrole nitrogens is 1. The molecule has 3 aromatic rings. The fourth-order valence-corrected chi connectivity index (χ4v) is 1.92. The quantitative estimate of drug-likeness (QED) is 0.500. The molecule has 0 bridgehead atoms. The van der Waals surface area contributed by atoms with Gasteiger partial charge in [-0.1, -0.05) is 0 Å². The van der Waals surface area contributed by atoms with Crippen molar-refractivity contribution < 1.29 is 4.79 Å². The second-order valence-electron chi connectivity index (χ2n) is 3.63. The lowest BCUT2D eigenvalue weighted by atomic mass is 10.0. The molecule has 5 heteroatoms. The zero-order valence-electron chi connectivity index (χ0n) is 8.68. The highest BCUT2D eigenvalue weighted by Gasteiger charge is 2.08. The van der Waals surface area contributed by atoms with Gasteiger partial charge >= 0.3 is 0 Å². The second kappa shape index (κ2) is 3.48. The number of nitrogens with zero attached hydrogens (tertiary/aromatic N) is 2. The molecule has 0 atom stereocenters. The Labute approximate surface area is 95.1 Å². The number of aromatic nitrogens is 3. The van der Waals surface area contributed by atoms with Crippen LogP contribution < -0.4 is 5.56 Å². The molecule has 0 saturated carbocycles. The topological polar surface area (TPSA) is 75.7 Å². The summed E-state index contributed by atoms with van der Waals surface area (Å²) in [6.07, 6.45) is 5.28. The van der Waals surface area contributed by atoms with E-state index in [0.717, 1.165) is 11.7 Å². The van der Waals surface area contributed by atoms with Gasteiger partial charge in [-0.05, 0) is 12.1 Å². The summed E-state index contributed by atoms with van der Waals surface area (Å²) < 4.78 is 0. The Bertz CT molecular complexity index is 792. The molecule has 2 aromatic heterocycles. The normalized spacial score (nSPS) is 10.8. The minimum atomic E-state index is -0.253. The van der Waals surface area contributed by atoms with Crippen LogP contribution in [0.1, 0.15) is 10.4 Å². The van der Waals surface area contributed by atoms with Crippen LogP contribution in [0.5, 0.6) is 0 Å². The number of benzene rings is 1. The molecule has 5 nitrogen and oxygen atoms in total. The highest BCUT2D eigenvalue weighted by Crippen LogP contribution is 2.23. The second-order valence-corrected chi connectivity index (χ2v) is 3.63. The maximum atomic E-state index is 11.7. The molecular formula is C12H7N3O2. The van der Waals surface area contributed by atoms with Crippen LogP contribution in [-0.2, 0) is 0 Å².